The molecule has 1 heteroatoms. The topological polar surface area (TPSA) is 17.1 Å². The Morgan fingerprint density at radius 3 is 2.90 bits per heavy atom. The number of rotatable bonds is 0. The molecule has 0 atom stereocenters. The van der Waals surface area contributed by atoms with Crippen molar-refractivity contribution in [1.29, 1.82) is 0 Å². The average Bonchev–Trinajstić information content (AvgIpc) is 2.33. The number of hydrogen-bond donors (Lipinski definition) is 0. The van der Waals surface area contributed by atoms with Gasteiger partial charge >= 0.3 is 0 Å². The molecule has 0 aliphatic heterocycles. The molecule has 0 amide bonds. The molecular formula is C9H10O. The molecule has 1 saturated carbocycles. The van der Waals surface area contributed by atoms with Crippen LogP contribution in [0.5, 0.6) is 0 Å². The van der Waals surface area contributed by atoms with E-state index in [1.54, 1.807) is 0 Å². The van der Waals surface area contributed by atoms with Crippen molar-refractivity contribution >= 4 is 5.78 Å². The summed E-state index contributed by atoms with van der Waals surface area (Å²) in [5.41, 5.74) is 2.73. The molecule has 0 heterocycles. The van der Waals surface area contributed by atoms with Gasteiger partial charge in [0.15, 0.2) is 5.78 Å². The summed E-state index contributed by atoms with van der Waals surface area (Å²) >= 11 is 0. The highest BCUT2D eigenvalue weighted by molar-refractivity contribution is 5.93. The lowest BCUT2D eigenvalue weighted by Gasteiger charge is -2.04. The fraction of sp³-hybridized carbons (Fsp3) is 0.444. The normalized spacial score (nSPS) is 23.8. The molecule has 0 spiro atoms. The third-order valence-corrected chi connectivity index (χ3v) is 2.19. The van der Waals surface area contributed by atoms with E-state index < -0.39 is 0 Å². The van der Waals surface area contributed by atoms with Gasteiger partial charge in [0.25, 0.3) is 0 Å². The molecular weight excluding hydrogens is 124 g/mol. The van der Waals surface area contributed by atoms with Gasteiger partial charge in [0.05, 0.1) is 0 Å². The number of carbonyl (C=O) groups is 1. The van der Waals surface area contributed by atoms with E-state index in [9.17, 15) is 4.79 Å². The molecule has 0 saturated heterocycles. The summed E-state index contributed by atoms with van der Waals surface area (Å²) in [5, 5.41) is 0. The maximum atomic E-state index is 10.9. The molecule has 0 aromatic rings. The molecule has 1 fully saturated rings. The smallest absolute Gasteiger partial charge is 0.159 e. The van der Waals surface area contributed by atoms with Gasteiger partial charge < -0.3 is 0 Å². The molecule has 2 aliphatic rings. The average molecular weight is 134 g/mol. The Hall–Kier alpha value is -0.850. The molecule has 52 valence electrons. The van der Waals surface area contributed by atoms with Gasteiger partial charge in [0.1, 0.15) is 0 Å². The molecule has 0 N–H and O–H groups in total. The van der Waals surface area contributed by atoms with Crippen molar-refractivity contribution in [3.8, 4) is 0 Å². The first-order valence-corrected chi connectivity index (χ1v) is 3.79. The Kier molecular flexibility index (Phi) is 1.23. The zero-order valence-electron chi connectivity index (χ0n) is 5.89. The maximum absolute atomic E-state index is 10.9. The molecule has 0 aromatic heterocycles. The van der Waals surface area contributed by atoms with Crippen LogP contribution in [-0.2, 0) is 4.79 Å². The zero-order chi connectivity index (χ0) is 6.97. The predicted molar refractivity (Wildman–Crippen MR) is 39.6 cm³/mol. The van der Waals surface area contributed by atoms with Crippen LogP contribution >= 0.6 is 0 Å². The maximum Gasteiger partial charge on any atom is 0.159 e. The molecule has 2 aliphatic carbocycles. The van der Waals surface area contributed by atoms with Gasteiger partial charge in [-0.2, -0.15) is 0 Å². The van der Waals surface area contributed by atoms with Crippen molar-refractivity contribution in [2.45, 2.75) is 25.7 Å². The van der Waals surface area contributed by atoms with Crippen LogP contribution in [-0.4, -0.2) is 5.78 Å². The van der Waals surface area contributed by atoms with Crippen LogP contribution in [0.15, 0.2) is 23.3 Å². The summed E-state index contributed by atoms with van der Waals surface area (Å²) in [5.74, 6) is 0.278. The van der Waals surface area contributed by atoms with Crippen molar-refractivity contribution < 1.29 is 4.79 Å². The van der Waals surface area contributed by atoms with Crippen molar-refractivity contribution in [2.75, 3.05) is 0 Å². The lowest BCUT2D eigenvalue weighted by Crippen LogP contribution is -1.98. The Morgan fingerprint density at radius 2 is 2.00 bits per heavy atom. The second-order valence-corrected chi connectivity index (χ2v) is 2.92. The predicted octanol–water partition coefficient (Wildman–Crippen LogP) is 2.00. The van der Waals surface area contributed by atoms with Crippen LogP contribution in [0.1, 0.15) is 25.7 Å². The summed E-state index contributed by atoms with van der Waals surface area (Å²) in [7, 11) is 0. The standard InChI is InChI=1S/C9H10O/c10-9-5-4-7-2-1-3-8(7)6-9/h4,6H,1-3,5H2. The van der Waals surface area contributed by atoms with E-state index in [-0.39, 0.29) is 5.78 Å². The van der Waals surface area contributed by atoms with Gasteiger partial charge in [-0.15, -0.1) is 0 Å². The number of ketones is 1. The van der Waals surface area contributed by atoms with E-state index in [1.165, 1.54) is 24.0 Å². The van der Waals surface area contributed by atoms with Gasteiger partial charge in [0, 0.05) is 6.42 Å². The van der Waals surface area contributed by atoms with Crippen LogP contribution < -0.4 is 0 Å². The molecule has 1 nitrogen and oxygen atoms in total. The first kappa shape index (κ1) is 5.90. The van der Waals surface area contributed by atoms with Crippen LogP contribution in [0.2, 0.25) is 0 Å². The summed E-state index contributed by atoms with van der Waals surface area (Å²) in [6, 6.07) is 0. The number of fused-ring (bicyclic) bond motifs is 1. The third kappa shape index (κ3) is 0.821. The molecule has 10 heavy (non-hydrogen) atoms. The molecule has 2 rings (SSSR count). The highest BCUT2D eigenvalue weighted by Crippen LogP contribution is 2.32. The monoisotopic (exact) mass is 134 g/mol. The number of hydrogen-bond acceptors (Lipinski definition) is 1. The lowest BCUT2D eigenvalue weighted by molar-refractivity contribution is -0.114. The minimum absolute atomic E-state index is 0.278. The Balaban J connectivity index is 2.35. The van der Waals surface area contributed by atoms with E-state index in [2.05, 4.69) is 6.08 Å². The van der Waals surface area contributed by atoms with E-state index in [0.717, 1.165) is 6.42 Å². The third-order valence-electron chi connectivity index (χ3n) is 2.19. The summed E-state index contributed by atoms with van der Waals surface area (Å²) in [4.78, 5) is 10.9. The van der Waals surface area contributed by atoms with E-state index in [0.29, 0.717) is 6.42 Å². The Bertz CT molecular complexity index is 233. The van der Waals surface area contributed by atoms with Crippen molar-refractivity contribution in [3.05, 3.63) is 23.3 Å². The SMILES string of the molecule is O=C1C=C2CCCC2=CC1. The van der Waals surface area contributed by atoms with Crippen LogP contribution in [0, 0.1) is 0 Å². The second kappa shape index (κ2) is 2.08. The quantitative estimate of drug-likeness (QED) is 0.495. The Labute approximate surface area is 60.4 Å². The fourth-order valence-electron chi connectivity index (χ4n) is 1.67. The van der Waals surface area contributed by atoms with E-state index in [4.69, 9.17) is 0 Å². The number of allylic oxidation sites excluding steroid dienone is 4. The highest BCUT2D eigenvalue weighted by atomic mass is 16.1. The highest BCUT2D eigenvalue weighted by Gasteiger charge is 2.17. The summed E-state index contributed by atoms with van der Waals surface area (Å²) < 4.78 is 0. The first-order chi connectivity index (χ1) is 4.86. The van der Waals surface area contributed by atoms with Gasteiger partial charge in [-0.25, -0.2) is 0 Å². The molecule has 0 radical (unpaired) electrons. The largest absolute Gasteiger partial charge is 0.295 e. The fourth-order valence-corrected chi connectivity index (χ4v) is 1.67. The molecule has 0 unspecified atom stereocenters. The van der Waals surface area contributed by atoms with Crippen LogP contribution in [0.3, 0.4) is 0 Å². The van der Waals surface area contributed by atoms with Crippen molar-refractivity contribution in [3.63, 3.8) is 0 Å². The number of carbonyl (C=O) groups excluding carboxylic acids is 1. The second-order valence-electron chi connectivity index (χ2n) is 2.92. The molecule has 0 aromatic carbocycles. The van der Waals surface area contributed by atoms with Gasteiger partial charge in [0.2, 0.25) is 0 Å². The van der Waals surface area contributed by atoms with E-state index in [1.807, 2.05) is 6.08 Å². The first-order valence-electron chi connectivity index (χ1n) is 3.79. The van der Waals surface area contributed by atoms with Crippen LogP contribution in [0.25, 0.3) is 0 Å². The van der Waals surface area contributed by atoms with Crippen molar-refractivity contribution in [2.24, 2.45) is 0 Å². The summed E-state index contributed by atoms with van der Waals surface area (Å²) in [6.45, 7) is 0. The Morgan fingerprint density at radius 1 is 1.20 bits per heavy atom. The van der Waals surface area contributed by atoms with Crippen LogP contribution in [0.4, 0.5) is 0 Å². The molecule has 0 bridgehead atoms. The van der Waals surface area contributed by atoms with Gasteiger partial charge in [-0.05, 0) is 36.5 Å². The van der Waals surface area contributed by atoms with Gasteiger partial charge in [-0.3, -0.25) is 4.79 Å². The zero-order valence-corrected chi connectivity index (χ0v) is 5.89. The van der Waals surface area contributed by atoms with Gasteiger partial charge in [-0.1, -0.05) is 6.08 Å². The minimum Gasteiger partial charge on any atom is -0.295 e. The lowest BCUT2D eigenvalue weighted by atomic mass is 10.0. The minimum atomic E-state index is 0.278. The van der Waals surface area contributed by atoms with Crippen molar-refractivity contribution in [1.82, 2.24) is 0 Å². The van der Waals surface area contributed by atoms with E-state index >= 15 is 0 Å². The summed E-state index contributed by atoms with van der Waals surface area (Å²) in [6.07, 6.45) is 8.10.